The van der Waals surface area contributed by atoms with Crippen LogP contribution in [-0.2, 0) is 0 Å². The topological polar surface area (TPSA) is 89.6 Å². The number of rotatable bonds is 1. The molecule has 0 aliphatic carbocycles. The summed E-state index contributed by atoms with van der Waals surface area (Å²) in [5, 5.41) is 10.3. The van der Waals surface area contributed by atoms with E-state index in [9.17, 15) is 4.79 Å². The summed E-state index contributed by atoms with van der Waals surface area (Å²) in [5.74, 6) is -0.0347. The average Bonchev–Trinajstić information content (AvgIpc) is 2.73. The van der Waals surface area contributed by atoms with Crippen LogP contribution in [0.15, 0.2) is 18.3 Å². The van der Waals surface area contributed by atoms with Crippen LogP contribution in [0.4, 0.5) is 5.82 Å². The van der Waals surface area contributed by atoms with Gasteiger partial charge in [0.15, 0.2) is 5.69 Å². The Morgan fingerprint density at radius 1 is 1.64 bits per heavy atom. The Kier molecular flexibility index (Phi) is 1.81. The number of nitrogen functional groups attached to an aromatic ring is 1. The van der Waals surface area contributed by atoms with E-state index in [2.05, 4.69) is 15.3 Å². The molecule has 2 rings (SSSR count). The minimum absolute atomic E-state index is 0.302. The Bertz CT molecular complexity index is 470. The Balaban J connectivity index is 2.38. The fraction of sp³-hybridized carbons (Fsp3) is 0.125. The van der Waals surface area contributed by atoms with Crippen LogP contribution in [-0.4, -0.2) is 25.9 Å². The first-order valence-corrected chi connectivity index (χ1v) is 4.04. The second-order valence-corrected chi connectivity index (χ2v) is 2.91. The van der Waals surface area contributed by atoms with Crippen LogP contribution in [0.3, 0.4) is 0 Å². The zero-order valence-electron chi connectivity index (χ0n) is 7.56. The Hall–Kier alpha value is -2.11. The third kappa shape index (κ3) is 1.26. The van der Waals surface area contributed by atoms with Crippen LogP contribution in [0, 0.1) is 6.92 Å². The van der Waals surface area contributed by atoms with Gasteiger partial charge in [0.25, 0.3) is 0 Å². The number of carbonyl (C=O) groups is 1. The predicted octanol–water partition coefficient (Wildman–Crippen LogP) is 0.185. The molecule has 2 aromatic rings. The molecular weight excluding hydrogens is 182 g/mol. The first-order valence-electron chi connectivity index (χ1n) is 4.04. The number of hydrogen-bond acceptors (Lipinski definition) is 4. The highest BCUT2D eigenvalue weighted by Crippen LogP contribution is 2.05. The highest BCUT2D eigenvalue weighted by molar-refractivity contribution is 5.95. The molecule has 0 bridgehead atoms. The second-order valence-electron chi connectivity index (χ2n) is 2.91. The summed E-state index contributed by atoms with van der Waals surface area (Å²) in [6, 6.07) is 3.20. The van der Waals surface area contributed by atoms with Crippen LogP contribution in [0.25, 0.3) is 0 Å². The zero-order valence-corrected chi connectivity index (χ0v) is 7.56. The van der Waals surface area contributed by atoms with Gasteiger partial charge < -0.3 is 5.73 Å². The summed E-state index contributed by atoms with van der Waals surface area (Å²) in [4.78, 5) is 11.7. The number of aromatic amines is 1. The van der Waals surface area contributed by atoms with Gasteiger partial charge >= 0.3 is 5.91 Å². The lowest BCUT2D eigenvalue weighted by atomic mass is 10.3. The lowest BCUT2D eigenvalue weighted by molar-refractivity contribution is 0.0943. The number of aromatic nitrogens is 4. The van der Waals surface area contributed by atoms with Crippen LogP contribution >= 0.6 is 0 Å². The maximum Gasteiger partial charge on any atom is 0.300 e. The molecule has 0 saturated carbocycles. The molecule has 0 unspecified atom stereocenters. The molecule has 0 amide bonds. The molecule has 0 atom stereocenters. The fourth-order valence-corrected chi connectivity index (χ4v) is 1.12. The molecule has 14 heavy (non-hydrogen) atoms. The van der Waals surface area contributed by atoms with Gasteiger partial charge in [0.2, 0.25) is 0 Å². The Morgan fingerprint density at radius 3 is 2.93 bits per heavy atom. The van der Waals surface area contributed by atoms with E-state index in [1.54, 1.807) is 12.1 Å². The van der Waals surface area contributed by atoms with Gasteiger partial charge in [0, 0.05) is 11.8 Å². The molecule has 2 aromatic heterocycles. The monoisotopic (exact) mass is 191 g/mol. The van der Waals surface area contributed by atoms with E-state index in [-0.39, 0.29) is 5.91 Å². The summed E-state index contributed by atoms with van der Waals surface area (Å²) in [5.41, 5.74) is 6.65. The van der Waals surface area contributed by atoms with Crippen LogP contribution in [0.2, 0.25) is 0 Å². The highest BCUT2D eigenvalue weighted by atomic mass is 16.2. The predicted molar refractivity (Wildman–Crippen MR) is 49.7 cm³/mol. The second kappa shape index (κ2) is 2.99. The van der Waals surface area contributed by atoms with Crippen molar-refractivity contribution in [2.75, 3.05) is 5.73 Å². The van der Waals surface area contributed by atoms with Gasteiger partial charge in [-0.05, 0) is 13.0 Å². The summed E-state index contributed by atoms with van der Waals surface area (Å²) in [6.45, 7) is 1.82. The molecule has 0 aromatic carbocycles. The van der Waals surface area contributed by atoms with Gasteiger partial charge in [-0.25, -0.2) is 0 Å². The van der Waals surface area contributed by atoms with E-state index in [0.717, 1.165) is 10.4 Å². The largest absolute Gasteiger partial charge is 0.383 e. The van der Waals surface area contributed by atoms with Gasteiger partial charge in [-0.1, -0.05) is 0 Å². The molecule has 0 aliphatic heterocycles. The van der Waals surface area contributed by atoms with E-state index in [1.165, 1.54) is 6.20 Å². The van der Waals surface area contributed by atoms with Crippen molar-refractivity contribution in [1.82, 2.24) is 20.0 Å². The van der Waals surface area contributed by atoms with Crippen molar-refractivity contribution in [3.8, 4) is 0 Å². The molecule has 3 N–H and O–H groups in total. The SMILES string of the molecule is Cc1cc(C(=O)n2nccc2N)n[nH]1. The molecule has 0 aliphatic rings. The number of aryl methyl sites for hydroxylation is 1. The molecule has 2 heterocycles. The third-order valence-electron chi connectivity index (χ3n) is 1.79. The summed E-state index contributed by atoms with van der Waals surface area (Å²) in [7, 11) is 0. The van der Waals surface area contributed by atoms with Crippen molar-refractivity contribution in [3.05, 3.63) is 29.7 Å². The lowest BCUT2D eigenvalue weighted by Crippen LogP contribution is -2.16. The van der Waals surface area contributed by atoms with E-state index >= 15 is 0 Å². The molecule has 72 valence electrons. The summed E-state index contributed by atoms with van der Waals surface area (Å²) >= 11 is 0. The van der Waals surface area contributed by atoms with E-state index in [4.69, 9.17) is 5.73 Å². The van der Waals surface area contributed by atoms with E-state index < -0.39 is 0 Å². The van der Waals surface area contributed by atoms with E-state index in [1.807, 2.05) is 6.92 Å². The lowest BCUT2D eigenvalue weighted by Gasteiger charge is -1.97. The Morgan fingerprint density at radius 2 is 2.43 bits per heavy atom. The molecular formula is C8H9N5O. The third-order valence-corrected chi connectivity index (χ3v) is 1.79. The van der Waals surface area contributed by atoms with Crippen molar-refractivity contribution in [1.29, 1.82) is 0 Å². The number of hydrogen-bond donors (Lipinski definition) is 2. The molecule has 0 fully saturated rings. The van der Waals surface area contributed by atoms with E-state index in [0.29, 0.717) is 11.5 Å². The van der Waals surface area contributed by atoms with Crippen LogP contribution in [0.1, 0.15) is 16.2 Å². The van der Waals surface area contributed by atoms with Gasteiger partial charge in [0.05, 0.1) is 6.20 Å². The zero-order chi connectivity index (χ0) is 10.1. The maximum absolute atomic E-state index is 11.7. The maximum atomic E-state index is 11.7. The average molecular weight is 191 g/mol. The molecule has 0 saturated heterocycles. The minimum Gasteiger partial charge on any atom is -0.383 e. The van der Waals surface area contributed by atoms with Crippen molar-refractivity contribution >= 4 is 11.7 Å². The number of anilines is 1. The summed E-state index contributed by atoms with van der Waals surface area (Å²) < 4.78 is 1.11. The van der Waals surface area contributed by atoms with Crippen molar-refractivity contribution in [2.45, 2.75) is 6.92 Å². The van der Waals surface area contributed by atoms with Gasteiger partial charge in [-0.3, -0.25) is 9.89 Å². The Labute approximate surface area is 79.7 Å². The van der Waals surface area contributed by atoms with Crippen LogP contribution < -0.4 is 5.73 Å². The minimum atomic E-state index is -0.336. The first-order chi connectivity index (χ1) is 6.68. The number of carbonyl (C=O) groups excluding carboxylic acids is 1. The van der Waals surface area contributed by atoms with Crippen molar-refractivity contribution < 1.29 is 4.79 Å². The van der Waals surface area contributed by atoms with Gasteiger partial charge in [0.1, 0.15) is 5.82 Å². The quantitative estimate of drug-likeness (QED) is 0.673. The number of nitrogens with two attached hydrogens (primary N) is 1. The smallest absolute Gasteiger partial charge is 0.300 e. The first kappa shape index (κ1) is 8.49. The fourth-order valence-electron chi connectivity index (χ4n) is 1.12. The standard InChI is InChI=1S/C8H9N5O/c1-5-4-6(12-11-5)8(14)13-7(9)2-3-10-13/h2-4H,9H2,1H3,(H,11,12). The normalized spacial score (nSPS) is 10.4. The summed E-state index contributed by atoms with van der Waals surface area (Å²) in [6.07, 6.45) is 1.47. The number of H-pyrrole nitrogens is 1. The van der Waals surface area contributed by atoms with Crippen molar-refractivity contribution in [2.24, 2.45) is 0 Å². The number of nitrogens with zero attached hydrogens (tertiary/aromatic N) is 3. The molecule has 0 radical (unpaired) electrons. The highest BCUT2D eigenvalue weighted by Gasteiger charge is 2.14. The van der Waals surface area contributed by atoms with Gasteiger partial charge in [-0.2, -0.15) is 14.9 Å². The van der Waals surface area contributed by atoms with Crippen LogP contribution in [0.5, 0.6) is 0 Å². The van der Waals surface area contributed by atoms with Crippen molar-refractivity contribution in [3.63, 3.8) is 0 Å². The number of nitrogens with one attached hydrogen (secondary N) is 1. The molecule has 0 spiro atoms. The molecule has 6 nitrogen and oxygen atoms in total. The molecule has 6 heteroatoms. The van der Waals surface area contributed by atoms with Gasteiger partial charge in [-0.15, -0.1) is 0 Å².